The molecule has 0 spiro atoms. The molecule has 1 aromatic rings. The van der Waals surface area contributed by atoms with Gasteiger partial charge in [-0.05, 0) is 37.3 Å². The summed E-state index contributed by atoms with van der Waals surface area (Å²) in [5, 5.41) is 13.4. The summed E-state index contributed by atoms with van der Waals surface area (Å²) in [6.07, 6.45) is 3.17. The van der Waals surface area contributed by atoms with Crippen molar-refractivity contribution in [3.63, 3.8) is 0 Å². The van der Waals surface area contributed by atoms with E-state index in [4.69, 9.17) is 0 Å². The van der Waals surface area contributed by atoms with Crippen LogP contribution in [0, 0.1) is 5.92 Å². The molecule has 3 atom stereocenters. The summed E-state index contributed by atoms with van der Waals surface area (Å²) >= 11 is 0. The molecule has 0 amide bonds. The Hall–Kier alpha value is -1.06. The van der Waals surface area contributed by atoms with Crippen molar-refractivity contribution in [1.29, 1.82) is 0 Å². The zero-order chi connectivity index (χ0) is 13.8. The largest absolute Gasteiger partial charge is 0.393 e. The summed E-state index contributed by atoms with van der Waals surface area (Å²) < 4.78 is 0. The summed E-state index contributed by atoms with van der Waals surface area (Å²) in [4.78, 5) is 2.15. The molecule has 1 aromatic carbocycles. The first-order valence-corrected chi connectivity index (χ1v) is 7.27. The van der Waals surface area contributed by atoms with Crippen LogP contribution in [0.1, 0.15) is 37.8 Å². The summed E-state index contributed by atoms with van der Waals surface area (Å²) in [6, 6.07) is 8.80. The quantitative estimate of drug-likeness (QED) is 0.856. The highest BCUT2D eigenvalue weighted by atomic mass is 16.3. The van der Waals surface area contributed by atoms with Crippen molar-refractivity contribution >= 4 is 5.69 Å². The number of hydrogen-bond acceptors (Lipinski definition) is 3. The number of hydrogen-bond donors (Lipinski definition) is 2. The number of rotatable bonds is 5. The Morgan fingerprint density at radius 2 is 2.05 bits per heavy atom. The minimum absolute atomic E-state index is 0.108. The summed E-state index contributed by atoms with van der Waals surface area (Å²) in [5.41, 5.74) is 2.58. The van der Waals surface area contributed by atoms with E-state index in [1.807, 2.05) is 0 Å². The minimum Gasteiger partial charge on any atom is -0.393 e. The molecule has 1 aliphatic rings. The maximum atomic E-state index is 9.87. The topological polar surface area (TPSA) is 35.5 Å². The molecule has 2 rings (SSSR count). The Balaban J connectivity index is 1.97. The highest BCUT2D eigenvalue weighted by Crippen LogP contribution is 2.27. The highest BCUT2D eigenvalue weighted by molar-refractivity contribution is 5.53. The Kier molecular flexibility index (Phi) is 4.83. The second-order valence-electron chi connectivity index (χ2n) is 5.84. The molecular weight excluding hydrogens is 236 g/mol. The van der Waals surface area contributed by atoms with Gasteiger partial charge >= 0.3 is 0 Å². The number of aliphatic hydroxyl groups excluding tert-OH is 1. The Bertz CT molecular complexity index is 405. The Morgan fingerprint density at radius 1 is 1.32 bits per heavy atom. The van der Waals surface area contributed by atoms with Crippen LogP contribution in [0.15, 0.2) is 24.3 Å². The van der Waals surface area contributed by atoms with Crippen LogP contribution in [0.4, 0.5) is 5.69 Å². The SMILES string of the molecule is CC(NCC1CCCC1O)c1ccccc1N(C)C. The fourth-order valence-corrected chi connectivity index (χ4v) is 2.95. The monoisotopic (exact) mass is 262 g/mol. The number of nitrogens with one attached hydrogen (secondary N) is 1. The zero-order valence-corrected chi connectivity index (χ0v) is 12.3. The van der Waals surface area contributed by atoms with Gasteiger partial charge < -0.3 is 15.3 Å². The van der Waals surface area contributed by atoms with E-state index in [1.165, 1.54) is 11.3 Å². The lowest BCUT2D eigenvalue weighted by molar-refractivity contribution is 0.130. The molecule has 0 radical (unpaired) electrons. The molecule has 0 aliphatic heterocycles. The highest BCUT2D eigenvalue weighted by Gasteiger charge is 2.25. The molecule has 3 unspecified atom stereocenters. The maximum absolute atomic E-state index is 9.87. The van der Waals surface area contributed by atoms with E-state index in [0.29, 0.717) is 12.0 Å². The number of para-hydroxylation sites is 1. The van der Waals surface area contributed by atoms with Crippen molar-refractivity contribution in [3.8, 4) is 0 Å². The predicted molar refractivity (Wildman–Crippen MR) is 80.5 cm³/mol. The van der Waals surface area contributed by atoms with Crippen LogP contribution in [-0.2, 0) is 0 Å². The number of nitrogens with zero attached hydrogens (tertiary/aromatic N) is 1. The lowest BCUT2D eigenvalue weighted by Gasteiger charge is -2.24. The first-order valence-electron chi connectivity index (χ1n) is 7.27. The molecule has 2 N–H and O–H groups in total. The lowest BCUT2D eigenvalue weighted by atomic mass is 10.0. The number of anilines is 1. The van der Waals surface area contributed by atoms with Gasteiger partial charge in [0.05, 0.1) is 6.10 Å². The molecule has 1 aliphatic carbocycles. The van der Waals surface area contributed by atoms with E-state index in [2.05, 4.69) is 55.5 Å². The van der Waals surface area contributed by atoms with Crippen molar-refractivity contribution in [2.45, 2.75) is 38.3 Å². The smallest absolute Gasteiger partial charge is 0.0580 e. The van der Waals surface area contributed by atoms with E-state index in [-0.39, 0.29) is 6.10 Å². The second-order valence-corrected chi connectivity index (χ2v) is 5.84. The van der Waals surface area contributed by atoms with Crippen molar-refractivity contribution in [3.05, 3.63) is 29.8 Å². The molecule has 0 aromatic heterocycles. The standard InChI is InChI=1S/C16H26N2O/c1-12(17-11-13-7-6-10-16(13)19)14-8-4-5-9-15(14)18(2)3/h4-5,8-9,12-13,16-17,19H,6-7,10-11H2,1-3H3. The molecule has 0 saturated heterocycles. The average Bonchev–Trinajstić information content (AvgIpc) is 2.81. The third kappa shape index (κ3) is 3.48. The minimum atomic E-state index is -0.108. The van der Waals surface area contributed by atoms with Crippen LogP contribution in [0.25, 0.3) is 0 Å². The Morgan fingerprint density at radius 3 is 2.68 bits per heavy atom. The van der Waals surface area contributed by atoms with Gasteiger partial charge in [0, 0.05) is 32.4 Å². The van der Waals surface area contributed by atoms with Crippen LogP contribution in [0.2, 0.25) is 0 Å². The van der Waals surface area contributed by atoms with Gasteiger partial charge in [0.2, 0.25) is 0 Å². The van der Waals surface area contributed by atoms with Gasteiger partial charge in [-0.2, -0.15) is 0 Å². The van der Waals surface area contributed by atoms with Crippen LogP contribution in [0.5, 0.6) is 0 Å². The summed E-state index contributed by atoms with van der Waals surface area (Å²) in [5.74, 6) is 0.425. The fourth-order valence-electron chi connectivity index (χ4n) is 2.95. The van der Waals surface area contributed by atoms with Crippen molar-refractivity contribution in [2.24, 2.45) is 5.92 Å². The molecular formula is C16H26N2O. The molecule has 106 valence electrons. The van der Waals surface area contributed by atoms with Crippen LogP contribution in [-0.4, -0.2) is 31.9 Å². The van der Waals surface area contributed by atoms with Gasteiger partial charge in [-0.1, -0.05) is 24.6 Å². The van der Waals surface area contributed by atoms with E-state index in [0.717, 1.165) is 25.8 Å². The molecule has 1 fully saturated rings. The fraction of sp³-hybridized carbons (Fsp3) is 0.625. The first-order chi connectivity index (χ1) is 9.09. The molecule has 3 nitrogen and oxygen atoms in total. The van der Waals surface area contributed by atoms with Gasteiger partial charge in [0.25, 0.3) is 0 Å². The maximum Gasteiger partial charge on any atom is 0.0580 e. The average molecular weight is 262 g/mol. The first kappa shape index (κ1) is 14.4. The van der Waals surface area contributed by atoms with E-state index < -0.39 is 0 Å². The number of benzene rings is 1. The normalized spacial score (nSPS) is 24.4. The van der Waals surface area contributed by atoms with Gasteiger partial charge in [0.1, 0.15) is 0 Å². The third-order valence-electron chi connectivity index (χ3n) is 4.19. The summed E-state index contributed by atoms with van der Waals surface area (Å²) in [6.45, 7) is 3.10. The van der Waals surface area contributed by atoms with Crippen molar-refractivity contribution < 1.29 is 5.11 Å². The van der Waals surface area contributed by atoms with Gasteiger partial charge in [-0.3, -0.25) is 0 Å². The van der Waals surface area contributed by atoms with Crippen LogP contribution < -0.4 is 10.2 Å². The van der Waals surface area contributed by atoms with Gasteiger partial charge in [-0.15, -0.1) is 0 Å². The van der Waals surface area contributed by atoms with Gasteiger partial charge in [-0.25, -0.2) is 0 Å². The molecule has 0 bridgehead atoms. The van der Waals surface area contributed by atoms with Crippen LogP contribution >= 0.6 is 0 Å². The molecule has 19 heavy (non-hydrogen) atoms. The van der Waals surface area contributed by atoms with E-state index in [9.17, 15) is 5.11 Å². The van der Waals surface area contributed by atoms with Crippen molar-refractivity contribution in [1.82, 2.24) is 5.32 Å². The van der Waals surface area contributed by atoms with E-state index >= 15 is 0 Å². The van der Waals surface area contributed by atoms with E-state index in [1.54, 1.807) is 0 Å². The molecule has 0 heterocycles. The summed E-state index contributed by atoms with van der Waals surface area (Å²) in [7, 11) is 4.15. The second kappa shape index (κ2) is 6.40. The predicted octanol–water partition coefficient (Wildman–Crippen LogP) is 2.56. The molecule has 3 heteroatoms. The number of aliphatic hydroxyl groups is 1. The molecule has 1 saturated carbocycles. The Labute approximate surface area is 116 Å². The third-order valence-corrected chi connectivity index (χ3v) is 4.19. The zero-order valence-electron chi connectivity index (χ0n) is 12.3. The van der Waals surface area contributed by atoms with Gasteiger partial charge in [0.15, 0.2) is 0 Å². The van der Waals surface area contributed by atoms with Crippen molar-refractivity contribution in [2.75, 3.05) is 25.5 Å². The van der Waals surface area contributed by atoms with Crippen LogP contribution in [0.3, 0.4) is 0 Å². The lowest BCUT2D eigenvalue weighted by Crippen LogP contribution is -2.30.